The third kappa shape index (κ3) is 4.51. The van der Waals surface area contributed by atoms with Crippen LogP contribution in [0.4, 0.5) is 13.2 Å². The molecule has 154 valence electrons. The van der Waals surface area contributed by atoms with Crippen molar-refractivity contribution in [2.24, 2.45) is 0 Å². The van der Waals surface area contributed by atoms with Crippen LogP contribution >= 0.6 is 0 Å². The van der Waals surface area contributed by atoms with Crippen LogP contribution in [0.1, 0.15) is 25.8 Å². The molecule has 0 spiro atoms. The fourth-order valence-electron chi connectivity index (χ4n) is 2.76. The quantitative estimate of drug-likeness (QED) is 0.634. The van der Waals surface area contributed by atoms with Gasteiger partial charge < -0.3 is 14.4 Å². The molecule has 1 aromatic heterocycles. The van der Waals surface area contributed by atoms with E-state index in [-0.39, 0.29) is 48.0 Å². The second-order valence-corrected chi connectivity index (χ2v) is 6.03. The summed E-state index contributed by atoms with van der Waals surface area (Å²) in [6.07, 6.45) is -6.18. The topological polar surface area (TPSA) is 64.6 Å². The van der Waals surface area contributed by atoms with Crippen LogP contribution in [0.15, 0.2) is 60.8 Å². The van der Waals surface area contributed by atoms with Gasteiger partial charge in [0.25, 0.3) is 5.91 Å². The van der Waals surface area contributed by atoms with Gasteiger partial charge in [0.05, 0.1) is 28.2 Å². The summed E-state index contributed by atoms with van der Waals surface area (Å²) in [5.41, 5.74) is -0.357. The number of carbonyl (C=O) groups excluding carboxylic acids is 1. The van der Waals surface area contributed by atoms with Crippen LogP contribution in [0, 0.1) is 0 Å². The standard InChI is InChI=1S/C21H16F3N3O3/c22-21(23,24)30-16-5-2-14(3-6-16)15-4-7-18-17(12-15)20(28)27(10-11-29-18)13-19-25-8-1-9-26-19/h1-9,12H,10-11,13H2/i1D,2D,3D,5D,6D,8D,9D. The molecule has 0 N–H and O–H groups in total. The zero-order chi connectivity index (χ0) is 27.2. The summed E-state index contributed by atoms with van der Waals surface area (Å²) in [5.74, 6) is -1.77. The first-order chi connectivity index (χ1) is 17.3. The SMILES string of the molecule is [2H]c1nc(CN2CCOc3ccc(-c4c([2H])c([2H])c(OC(F)(F)F)c([2H])c4[2H])cc3C2=O)nc([2H])c1[2H]. The molecule has 2 aromatic carbocycles. The van der Waals surface area contributed by atoms with E-state index in [1.165, 1.54) is 23.1 Å². The van der Waals surface area contributed by atoms with Crippen LogP contribution in [0.25, 0.3) is 11.1 Å². The molecule has 1 aliphatic rings. The summed E-state index contributed by atoms with van der Waals surface area (Å²) in [6, 6.07) is -0.179. The molecular weight excluding hydrogens is 399 g/mol. The van der Waals surface area contributed by atoms with Crippen molar-refractivity contribution in [1.29, 1.82) is 0 Å². The molecule has 0 saturated heterocycles. The van der Waals surface area contributed by atoms with Gasteiger partial charge in [-0.15, -0.1) is 13.2 Å². The van der Waals surface area contributed by atoms with Crippen molar-refractivity contribution < 1.29 is 37.0 Å². The zero-order valence-corrected chi connectivity index (χ0v) is 15.1. The van der Waals surface area contributed by atoms with E-state index >= 15 is 0 Å². The van der Waals surface area contributed by atoms with Gasteiger partial charge in [-0.1, -0.05) is 18.2 Å². The first-order valence-electron chi connectivity index (χ1n) is 12.0. The largest absolute Gasteiger partial charge is 0.573 e. The summed E-state index contributed by atoms with van der Waals surface area (Å²) < 4.78 is 102. The van der Waals surface area contributed by atoms with Gasteiger partial charge in [-0.3, -0.25) is 4.79 Å². The minimum absolute atomic E-state index is 0.0183. The molecule has 0 unspecified atom stereocenters. The lowest BCUT2D eigenvalue weighted by atomic mass is 10.0. The fraction of sp³-hybridized carbons (Fsp3) is 0.190. The van der Waals surface area contributed by atoms with E-state index in [1.54, 1.807) is 0 Å². The van der Waals surface area contributed by atoms with Gasteiger partial charge in [0.15, 0.2) is 0 Å². The summed E-state index contributed by atoms with van der Waals surface area (Å²) in [4.78, 5) is 22.2. The van der Waals surface area contributed by atoms with Crippen LogP contribution in [0.2, 0.25) is 0 Å². The van der Waals surface area contributed by atoms with Gasteiger partial charge in [0.2, 0.25) is 0 Å². The zero-order valence-electron chi connectivity index (χ0n) is 22.1. The summed E-state index contributed by atoms with van der Waals surface area (Å²) >= 11 is 0. The molecule has 0 aliphatic carbocycles. The lowest BCUT2D eigenvalue weighted by Crippen LogP contribution is -2.32. The Bertz CT molecular complexity index is 1370. The minimum Gasteiger partial charge on any atom is -0.491 e. The molecule has 1 amide bonds. The Kier molecular flexibility index (Phi) is 3.43. The molecule has 0 atom stereocenters. The number of aromatic nitrogens is 2. The van der Waals surface area contributed by atoms with Crippen molar-refractivity contribution in [1.82, 2.24) is 14.9 Å². The molecule has 3 aromatic rings. The number of amides is 1. The Balaban J connectivity index is 1.74. The van der Waals surface area contributed by atoms with Crippen molar-refractivity contribution in [2.75, 3.05) is 13.2 Å². The lowest BCUT2D eigenvalue weighted by molar-refractivity contribution is -0.274. The smallest absolute Gasteiger partial charge is 0.491 e. The van der Waals surface area contributed by atoms with Crippen LogP contribution in [0.3, 0.4) is 0 Å². The van der Waals surface area contributed by atoms with E-state index in [0.29, 0.717) is 0 Å². The van der Waals surface area contributed by atoms with Crippen molar-refractivity contribution >= 4 is 5.91 Å². The second kappa shape index (κ2) is 8.02. The molecule has 0 radical (unpaired) electrons. The maximum absolute atomic E-state index is 13.3. The maximum atomic E-state index is 13.3. The lowest BCUT2D eigenvalue weighted by Gasteiger charge is -2.19. The highest BCUT2D eigenvalue weighted by Crippen LogP contribution is 2.31. The first kappa shape index (κ1) is 12.8. The third-order valence-corrected chi connectivity index (χ3v) is 4.04. The van der Waals surface area contributed by atoms with Crippen molar-refractivity contribution in [2.45, 2.75) is 12.9 Å². The Morgan fingerprint density at radius 3 is 2.57 bits per heavy atom. The molecule has 0 fully saturated rings. The number of hydrogen-bond acceptors (Lipinski definition) is 5. The van der Waals surface area contributed by atoms with Crippen LogP contribution in [0.5, 0.6) is 11.5 Å². The highest BCUT2D eigenvalue weighted by molar-refractivity contribution is 5.98. The Morgan fingerprint density at radius 1 is 1.13 bits per heavy atom. The van der Waals surface area contributed by atoms with Crippen molar-refractivity contribution in [3.8, 4) is 22.6 Å². The summed E-state index contributed by atoms with van der Waals surface area (Å²) in [7, 11) is 0. The summed E-state index contributed by atoms with van der Waals surface area (Å²) in [5, 5.41) is 0. The number of benzene rings is 2. The third-order valence-electron chi connectivity index (χ3n) is 4.04. The first-order valence-corrected chi connectivity index (χ1v) is 8.51. The van der Waals surface area contributed by atoms with Gasteiger partial charge in [-0.2, -0.15) is 0 Å². The number of ether oxygens (including phenoxy) is 2. The number of nitrogens with zero attached hydrogens (tertiary/aromatic N) is 3. The van der Waals surface area contributed by atoms with E-state index < -0.39 is 60.6 Å². The number of alkyl halides is 3. The molecular formula is C21H16F3N3O3. The van der Waals surface area contributed by atoms with Crippen molar-refractivity contribution in [3.05, 3.63) is 72.1 Å². The number of halogens is 3. The number of rotatable bonds is 4. The number of fused-ring (bicyclic) bond motifs is 1. The molecule has 1 aliphatic heterocycles. The van der Waals surface area contributed by atoms with Crippen molar-refractivity contribution in [3.63, 3.8) is 0 Å². The Hall–Kier alpha value is -3.62. The van der Waals surface area contributed by atoms with E-state index in [9.17, 15) is 18.0 Å². The highest BCUT2D eigenvalue weighted by atomic mass is 19.4. The average Bonchev–Trinajstić information content (AvgIpc) is 2.97. The Morgan fingerprint density at radius 2 is 1.87 bits per heavy atom. The molecule has 0 saturated carbocycles. The number of hydrogen-bond donors (Lipinski definition) is 0. The monoisotopic (exact) mass is 422 g/mol. The average molecular weight is 422 g/mol. The van der Waals surface area contributed by atoms with Gasteiger partial charge >= 0.3 is 6.36 Å². The molecule has 30 heavy (non-hydrogen) atoms. The van der Waals surface area contributed by atoms with Gasteiger partial charge in [0.1, 0.15) is 23.9 Å². The Labute approximate surface area is 179 Å². The second-order valence-electron chi connectivity index (χ2n) is 6.03. The molecule has 9 heteroatoms. The van der Waals surface area contributed by atoms with E-state index in [2.05, 4.69) is 14.7 Å². The van der Waals surface area contributed by atoms with Gasteiger partial charge in [-0.05, 0) is 41.4 Å². The molecule has 2 heterocycles. The van der Waals surface area contributed by atoms with Crippen LogP contribution in [-0.4, -0.2) is 40.3 Å². The van der Waals surface area contributed by atoms with Gasteiger partial charge in [0, 0.05) is 12.3 Å². The maximum Gasteiger partial charge on any atom is 0.573 e. The predicted octanol–water partition coefficient (Wildman–Crippen LogP) is 4.08. The van der Waals surface area contributed by atoms with E-state index in [4.69, 9.17) is 14.3 Å². The minimum atomic E-state index is -5.23. The molecule has 0 bridgehead atoms. The van der Waals surface area contributed by atoms with Gasteiger partial charge in [-0.25, -0.2) is 9.97 Å². The van der Waals surface area contributed by atoms with Crippen LogP contribution in [-0.2, 0) is 6.54 Å². The summed E-state index contributed by atoms with van der Waals surface area (Å²) in [6.45, 7) is -0.0880. The predicted molar refractivity (Wildman–Crippen MR) is 101 cm³/mol. The van der Waals surface area contributed by atoms with Crippen LogP contribution < -0.4 is 9.47 Å². The highest BCUT2D eigenvalue weighted by Gasteiger charge is 2.31. The normalized spacial score (nSPS) is 17.2. The van der Waals surface area contributed by atoms with E-state index in [0.717, 1.165) is 0 Å². The fourth-order valence-corrected chi connectivity index (χ4v) is 2.76. The molecule has 4 rings (SSSR count). The number of carbonyl (C=O) groups is 1. The molecule has 6 nitrogen and oxygen atoms in total. The van der Waals surface area contributed by atoms with E-state index in [1.807, 2.05) is 0 Å².